The van der Waals surface area contributed by atoms with Crippen molar-refractivity contribution in [3.05, 3.63) is 60.2 Å². The molecule has 174 valence electrons. The zero-order valence-corrected chi connectivity index (χ0v) is 19.5. The predicted octanol–water partition coefficient (Wildman–Crippen LogP) is 4.81. The largest absolute Gasteiger partial charge is 0.493 e. The summed E-state index contributed by atoms with van der Waals surface area (Å²) >= 11 is 0. The number of aryl methyl sites for hydroxylation is 1. The Hall–Kier alpha value is -3.32. The van der Waals surface area contributed by atoms with Gasteiger partial charge in [-0.1, -0.05) is 49.4 Å². The summed E-state index contributed by atoms with van der Waals surface area (Å²) in [5.74, 6) is 1.89. The lowest BCUT2D eigenvalue weighted by atomic mass is 10.1. The van der Waals surface area contributed by atoms with E-state index in [0.717, 1.165) is 36.3 Å². The summed E-state index contributed by atoms with van der Waals surface area (Å²) in [5.41, 5.74) is 2.62. The molecule has 33 heavy (non-hydrogen) atoms. The third-order valence-electron chi connectivity index (χ3n) is 5.86. The maximum Gasteiger partial charge on any atom is 0.223 e. The molecule has 7 heteroatoms. The summed E-state index contributed by atoms with van der Waals surface area (Å²) in [6.07, 6.45) is 2.49. The number of nitrogens with zero attached hydrogens (tertiary/aromatic N) is 3. The Morgan fingerprint density at radius 2 is 1.88 bits per heavy atom. The van der Waals surface area contributed by atoms with Crippen LogP contribution >= 0.6 is 0 Å². The number of aromatic nitrogens is 2. The average molecular weight is 450 g/mol. The van der Waals surface area contributed by atoms with Crippen molar-refractivity contribution in [3.63, 3.8) is 0 Å². The molecule has 0 bridgehead atoms. The number of benzene rings is 2. The molecule has 0 unspecified atom stereocenters. The second kappa shape index (κ2) is 10.5. The number of carbonyl (C=O) groups is 1. The SMILES string of the molecule is CCC(=O)N(Cc1c(-c2ccccc2)nn(C)c1Oc1ccccc1OC)C[C@@H]1CCCO1. The zero-order chi connectivity index (χ0) is 23.2. The molecular weight excluding hydrogens is 418 g/mol. The lowest BCUT2D eigenvalue weighted by molar-refractivity contribution is -0.133. The standard InChI is InChI=1S/C26H31N3O4/c1-4-24(30)29(17-20-13-10-16-32-20)18-21-25(19-11-6-5-7-12-19)27-28(2)26(21)33-23-15-9-8-14-22(23)31-3/h5-9,11-12,14-15,20H,4,10,13,16-18H2,1-3H3/t20-/m0/s1. The molecule has 1 aliphatic heterocycles. The quantitative estimate of drug-likeness (QED) is 0.469. The summed E-state index contributed by atoms with van der Waals surface area (Å²) in [6, 6.07) is 17.5. The lowest BCUT2D eigenvalue weighted by Gasteiger charge is -2.25. The fraction of sp³-hybridized carbons (Fsp3) is 0.385. The molecule has 0 spiro atoms. The van der Waals surface area contributed by atoms with Crippen LogP contribution < -0.4 is 9.47 Å². The summed E-state index contributed by atoms with van der Waals surface area (Å²) in [5, 5.41) is 4.78. The Morgan fingerprint density at radius 1 is 1.15 bits per heavy atom. The predicted molar refractivity (Wildman–Crippen MR) is 126 cm³/mol. The number of carbonyl (C=O) groups excluding carboxylic acids is 1. The molecule has 1 amide bonds. The molecule has 0 radical (unpaired) electrons. The van der Waals surface area contributed by atoms with E-state index in [1.165, 1.54) is 0 Å². The van der Waals surface area contributed by atoms with Crippen molar-refractivity contribution in [1.29, 1.82) is 0 Å². The van der Waals surface area contributed by atoms with Crippen LogP contribution in [0.1, 0.15) is 31.7 Å². The van der Waals surface area contributed by atoms with Gasteiger partial charge in [-0.3, -0.25) is 4.79 Å². The van der Waals surface area contributed by atoms with Crippen LogP contribution in [0.5, 0.6) is 17.4 Å². The van der Waals surface area contributed by atoms with Crippen LogP contribution in [0.3, 0.4) is 0 Å². The van der Waals surface area contributed by atoms with E-state index in [2.05, 4.69) is 0 Å². The smallest absolute Gasteiger partial charge is 0.223 e. The first-order valence-electron chi connectivity index (χ1n) is 11.4. The molecule has 4 rings (SSSR count). The Kier molecular flexibility index (Phi) is 7.29. The van der Waals surface area contributed by atoms with Crippen LogP contribution in [0.25, 0.3) is 11.3 Å². The van der Waals surface area contributed by atoms with Crippen molar-refractivity contribution >= 4 is 5.91 Å². The van der Waals surface area contributed by atoms with Gasteiger partial charge in [-0.05, 0) is 25.0 Å². The van der Waals surface area contributed by atoms with E-state index >= 15 is 0 Å². The minimum atomic E-state index is 0.0657. The van der Waals surface area contributed by atoms with Crippen LogP contribution in [0.2, 0.25) is 0 Å². The van der Waals surface area contributed by atoms with Gasteiger partial charge in [0, 0.05) is 32.2 Å². The highest BCUT2D eigenvalue weighted by atomic mass is 16.5. The Balaban J connectivity index is 1.75. The van der Waals surface area contributed by atoms with Crippen molar-refractivity contribution < 1.29 is 19.0 Å². The lowest BCUT2D eigenvalue weighted by Crippen LogP contribution is -2.36. The summed E-state index contributed by atoms with van der Waals surface area (Å²) < 4.78 is 19.4. The zero-order valence-electron chi connectivity index (χ0n) is 19.5. The van der Waals surface area contributed by atoms with E-state index in [0.29, 0.717) is 36.9 Å². The van der Waals surface area contributed by atoms with E-state index < -0.39 is 0 Å². The van der Waals surface area contributed by atoms with Gasteiger partial charge in [-0.15, -0.1) is 0 Å². The molecular formula is C26H31N3O4. The van der Waals surface area contributed by atoms with Gasteiger partial charge in [0.1, 0.15) is 5.69 Å². The monoisotopic (exact) mass is 449 g/mol. The summed E-state index contributed by atoms with van der Waals surface area (Å²) in [4.78, 5) is 14.8. The van der Waals surface area contributed by atoms with Gasteiger partial charge < -0.3 is 19.1 Å². The van der Waals surface area contributed by atoms with Crippen LogP contribution in [-0.4, -0.2) is 47.0 Å². The second-order valence-electron chi connectivity index (χ2n) is 8.14. The molecule has 7 nitrogen and oxygen atoms in total. The van der Waals surface area contributed by atoms with Crippen LogP contribution in [0.4, 0.5) is 0 Å². The van der Waals surface area contributed by atoms with Crippen molar-refractivity contribution in [1.82, 2.24) is 14.7 Å². The van der Waals surface area contributed by atoms with Gasteiger partial charge in [0.05, 0.1) is 25.3 Å². The number of hydrogen-bond acceptors (Lipinski definition) is 5. The van der Waals surface area contributed by atoms with Gasteiger partial charge >= 0.3 is 0 Å². The van der Waals surface area contributed by atoms with Crippen molar-refractivity contribution in [3.8, 4) is 28.6 Å². The number of ether oxygens (including phenoxy) is 3. The molecule has 1 saturated heterocycles. The number of methoxy groups -OCH3 is 1. The first kappa shape index (κ1) is 22.9. The number of para-hydroxylation sites is 2. The summed E-state index contributed by atoms with van der Waals surface area (Å²) in [6.45, 7) is 3.58. The minimum Gasteiger partial charge on any atom is -0.493 e. The fourth-order valence-electron chi connectivity index (χ4n) is 4.16. The molecule has 0 aliphatic carbocycles. The van der Waals surface area contributed by atoms with E-state index in [4.69, 9.17) is 19.3 Å². The molecule has 2 heterocycles. The average Bonchev–Trinajstić information content (AvgIpc) is 3.47. The van der Waals surface area contributed by atoms with E-state index in [1.807, 2.05) is 73.5 Å². The van der Waals surface area contributed by atoms with E-state index in [9.17, 15) is 4.79 Å². The number of amides is 1. The van der Waals surface area contributed by atoms with Gasteiger partial charge in [-0.2, -0.15) is 5.10 Å². The van der Waals surface area contributed by atoms with Crippen LogP contribution in [0, 0.1) is 0 Å². The minimum absolute atomic E-state index is 0.0657. The third kappa shape index (κ3) is 5.20. The van der Waals surface area contributed by atoms with Gasteiger partial charge in [0.15, 0.2) is 11.5 Å². The number of hydrogen-bond donors (Lipinski definition) is 0. The number of rotatable bonds is 9. The van der Waals surface area contributed by atoms with Crippen molar-refractivity contribution in [2.45, 2.75) is 38.8 Å². The topological polar surface area (TPSA) is 65.8 Å². The van der Waals surface area contributed by atoms with Gasteiger partial charge in [0.25, 0.3) is 0 Å². The van der Waals surface area contributed by atoms with Crippen molar-refractivity contribution in [2.24, 2.45) is 7.05 Å². The first-order chi connectivity index (χ1) is 16.1. The highest BCUT2D eigenvalue weighted by Crippen LogP contribution is 2.37. The van der Waals surface area contributed by atoms with Crippen LogP contribution in [-0.2, 0) is 23.1 Å². The van der Waals surface area contributed by atoms with Gasteiger partial charge in [-0.25, -0.2) is 4.68 Å². The maximum atomic E-state index is 12.9. The molecule has 0 N–H and O–H groups in total. The van der Waals surface area contributed by atoms with Gasteiger partial charge in [0.2, 0.25) is 11.8 Å². The second-order valence-corrected chi connectivity index (χ2v) is 8.14. The fourth-order valence-corrected chi connectivity index (χ4v) is 4.16. The van der Waals surface area contributed by atoms with Crippen LogP contribution in [0.15, 0.2) is 54.6 Å². The maximum absolute atomic E-state index is 12.9. The highest BCUT2D eigenvalue weighted by molar-refractivity contribution is 5.76. The summed E-state index contributed by atoms with van der Waals surface area (Å²) in [7, 11) is 3.47. The molecule has 1 aliphatic rings. The molecule has 1 fully saturated rings. The van der Waals surface area contributed by atoms with E-state index in [1.54, 1.807) is 11.8 Å². The Morgan fingerprint density at radius 3 is 2.55 bits per heavy atom. The molecule has 1 atom stereocenters. The first-order valence-corrected chi connectivity index (χ1v) is 11.4. The van der Waals surface area contributed by atoms with E-state index in [-0.39, 0.29) is 12.0 Å². The molecule has 0 saturated carbocycles. The Bertz CT molecular complexity index is 1070. The third-order valence-corrected chi connectivity index (χ3v) is 5.86. The molecule has 2 aromatic carbocycles. The highest BCUT2D eigenvalue weighted by Gasteiger charge is 2.27. The molecule has 3 aromatic rings. The molecule has 1 aromatic heterocycles. The Labute approximate surface area is 194 Å². The van der Waals surface area contributed by atoms with Crippen molar-refractivity contribution in [2.75, 3.05) is 20.3 Å². The normalized spacial score (nSPS) is 15.4.